The molecule has 3 aromatic heterocycles. The van der Waals surface area contributed by atoms with Gasteiger partial charge in [-0.3, -0.25) is 19.3 Å². The van der Waals surface area contributed by atoms with E-state index in [1.165, 1.54) is 28.5 Å². The van der Waals surface area contributed by atoms with Crippen molar-refractivity contribution in [1.29, 1.82) is 5.26 Å². The van der Waals surface area contributed by atoms with Crippen LogP contribution in [-0.4, -0.2) is 24.1 Å². The summed E-state index contributed by atoms with van der Waals surface area (Å²) in [6, 6.07) is 8.47. The van der Waals surface area contributed by atoms with Crippen LogP contribution in [0.4, 0.5) is 0 Å². The molecule has 0 spiro atoms. The van der Waals surface area contributed by atoms with Gasteiger partial charge in [-0.15, -0.1) is 0 Å². The molecule has 0 amide bonds. The van der Waals surface area contributed by atoms with Crippen LogP contribution >= 0.6 is 23.4 Å². The second-order valence-corrected chi connectivity index (χ2v) is 8.91. The smallest absolute Gasteiger partial charge is 0.272 e. The van der Waals surface area contributed by atoms with Crippen molar-refractivity contribution in [3.8, 4) is 6.07 Å². The maximum absolute atomic E-state index is 13.1. The Morgan fingerprint density at radius 1 is 1.26 bits per heavy atom. The Morgan fingerprint density at radius 3 is 2.81 bits per heavy atom. The van der Waals surface area contributed by atoms with Gasteiger partial charge in [0.25, 0.3) is 11.1 Å². The van der Waals surface area contributed by atoms with Crippen molar-refractivity contribution < 1.29 is 0 Å². The Morgan fingerprint density at radius 2 is 2.06 bits per heavy atom. The van der Waals surface area contributed by atoms with Crippen LogP contribution in [0.15, 0.2) is 45.2 Å². The molecule has 4 aromatic rings. The lowest BCUT2D eigenvalue weighted by Crippen LogP contribution is -2.24. The van der Waals surface area contributed by atoms with E-state index in [0.717, 1.165) is 6.42 Å². The first-order valence-electron chi connectivity index (χ1n) is 9.70. The SMILES string of the molecule is CC(C)CCn1c(SCc2cc(=O)n3[nH]cc(C#N)c3n2)nc2cc(Cl)ccc2c1=O. The molecule has 0 aliphatic rings. The fourth-order valence-electron chi connectivity index (χ4n) is 3.19. The Labute approximate surface area is 186 Å². The third-order valence-electron chi connectivity index (χ3n) is 4.83. The molecule has 0 aliphatic carbocycles. The molecule has 0 radical (unpaired) electrons. The molecule has 4 rings (SSSR count). The summed E-state index contributed by atoms with van der Waals surface area (Å²) in [5.74, 6) is 0.745. The Kier molecular flexibility index (Phi) is 5.85. The van der Waals surface area contributed by atoms with E-state index in [9.17, 15) is 14.9 Å². The number of halogens is 1. The van der Waals surface area contributed by atoms with Gasteiger partial charge in [-0.2, -0.15) is 5.26 Å². The molecule has 0 aliphatic heterocycles. The highest BCUT2D eigenvalue weighted by molar-refractivity contribution is 7.98. The molecule has 1 aromatic carbocycles. The minimum absolute atomic E-state index is 0.120. The molecule has 0 atom stereocenters. The zero-order chi connectivity index (χ0) is 22.1. The summed E-state index contributed by atoms with van der Waals surface area (Å²) in [6.45, 7) is 4.74. The standard InChI is InChI=1S/C21H19ClN6O2S/c1-12(2)5-6-27-20(30)16-4-3-14(22)7-17(16)26-21(27)31-11-15-8-18(29)28-19(25-15)13(9-23)10-24-28/h3-4,7-8,10,12,24H,5-6,11H2,1-2H3. The van der Waals surface area contributed by atoms with Crippen LogP contribution < -0.4 is 11.1 Å². The van der Waals surface area contributed by atoms with Gasteiger partial charge in [0.15, 0.2) is 10.8 Å². The molecular formula is C21H19ClN6O2S. The number of thioether (sulfide) groups is 1. The summed E-state index contributed by atoms with van der Waals surface area (Å²) in [5, 5.41) is 13.5. The van der Waals surface area contributed by atoms with Gasteiger partial charge in [0.1, 0.15) is 11.6 Å². The predicted molar refractivity (Wildman–Crippen MR) is 121 cm³/mol. The number of benzene rings is 1. The number of hydrogen-bond acceptors (Lipinski definition) is 6. The minimum Gasteiger partial charge on any atom is -0.295 e. The van der Waals surface area contributed by atoms with Crippen LogP contribution in [0.25, 0.3) is 16.6 Å². The molecule has 1 N–H and O–H groups in total. The summed E-state index contributed by atoms with van der Waals surface area (Å²) >= 11 is 7.42. The van der Waals surface area contributed by atoms with Gasteiger partial charge in [0.2, 0.25) is 0 Å². The summed E-state index contributed by atoms with van der Waals surface area (Å²) in [6.07, 6.45) is 2.27. The van der Waals surface area contributed by atoms with Crippen LogP contribution in [0.2, 0.25) is 5.02 Å². The van der Waals surface area contributed by atoms with E-state index in [1.807, 2.05) is 6.07 Å². The van der Waals surface area contributed by atoms with Crippen molar-refractivity contribution in [3.63, 3.8) is 0 Å². The predicted octanol–water partition coefficient (Wildman–Crippen LogP) is 3.60. The zero-order valence-corrected chi connectivity index (χ0v) is 18.5. The van der Waals surface area contributed by atoms with Gasteiger partial charge in [0, 0.05) is 29.6 Å². The van der Waals surface area contributed by atoms with E-state index in [4.69, 9.17) is 11.6 Å². The normalized spacial score (nSPS) is 11.5. The number of nitrogens with zero attached hydrogens (tertiary/aromatic N) is 5. The second kappa shape index (κ2) is 8.57. The largest absolute Gasteiger partial charge is 0.295 e. The van der Waals surface area contributed by atoms with Gasteiger partial charge in [-0.25, -0.2) is 14.5 Å². The van der Waals surface area contributed by atoms with E-state index in [-0.39, 0.29) is 22.3 Å². The third kappa shape index (κ3) is 4.22. The van der Waals surface area contributed by atoms with Crippen LogP contribution in [0.5, 0.6) is 0 Å². The fourth-order valence-corrected chi connectivity index (χ4v) is 4.28. The van der Waals surface area contributed by atoms with Crippen LogP contribution in [0.1, 0.15) is 31.5 Å². The summed E-state index contributed by atoms with van der Waals surface area (Å²) < 4.78 is 2.89. The van der Waals surface area contributed by atoms with Crippen molar-refractivity contribution in [3.05, 3.63) is 67.4 Å². The molecule has 3 heterocycles. The van der Waals surface area contributed by atoms with Gasteiger partial charge < -0.3 is 0 Å². The first kappa shape index (κ1) is 21.2. The van der Waals surface area contributed by atoms with Gasteiger partial charge in [-0.1, -0.05) is 37.2 Å². The van der Waals surface area contributed by atoms with E-state index in [0.29, 0.717) is 45.0 Å². The summed E-state index contributed by atoms with van der Waals surface area (Å²) in [7, 11) is 0. The molecule has 0 saturated heterocycles. The minimum atomic E-state index is -0.308. The average Bonchev–Trinajstić information content (AvgIpc) is 3.15. The van der Waals surface area contributed by atoms with Gasteiger partial charge >= 0.3 is 0 Å². The number of nitriles is 1. The molecular weight excluding hydrogens is 436 g/mol. The quantitative estimate of drug-likeness (QED) is 0.352. The van der Waals surface area contributed by atoms with E-state index in [2.05, 4.69) is 28.9 Å². The summed E-state index contributed by atoms with van der Waals surface area (Å²) in [5.41, 5.74) is 1.17. The zero-order valence-electron chi connectivity index (χ0n) is 16.9. The monoisotopic (exact) mass is 454 g/mol. The maximum Gasteiger partial charge on any atom is 0.272 e. The Balaban J connectivity index is 1.74. The highest BCUT2D eigenvalue weighted by Crippen LogP contribution is 2.23. The van der Waals surface area contributed by atoms with Crippen LogP contribution in [0.3, 0.4) is 0 Å². The lowest BCUT2D eigenvalue weighted by Gasteiger charge is -2.14. The highest BCUT2D eigenvalue weighted by atomic mass is 35.5. The molecule has 0 unspecified atom stereocenters. The first-order valence-corrected chi connectivity index (χ1v) is 11.1. The number of hydrogen-bond donors (Lipinski definition) is 1. The highest BCUT2D eigenvalue weighted by Gasteiger charge is 2.14. The van der Waals surface area contributed by atoms with Crippen LogP contribution in [0, 0.1) is 17.2 Å². The average molecular weight is 455 g/mol. The van der Waals surface area contributed by atoms with Gasteiger partial charge in [0.05, 0.1) is 16.6 Å². The van der Waals surface area contributed by atoms with Crippen molar-refractivity contribution in [2.24, 2.45) is 5.92 Å². The molecule has 10 heteroatoms. The number of aromatic amines is 1. The van der Waals surface area contributed by atoms with Crippen molar-refractivity contribution in [2.75, 3.05) is 0 Å². The van der Waals surface area contributed by atoms with E-state index >= 15 is 0 Å². The van der Waals surface area contributed by atoms with Crippen molar-refractivity contribution in [2.45, 2.75) is 37.7 Å². The molecule has 0 saturated carbocycles. The second-order valence-electron chi connectivity index (χ2n) is 7.53. The van der Waals surface area contributed by atoms with Crippen LogP contribution in [-0.2, 0) is 12.3 Å². The number of aromatic nitrogens is 5. The fraction of sp³-hybridized carbons (Fsp3) is 0.286. The van der Waals surface area contributed by atoms with Crippen molar-refractivity contribution in [1.82, 2.24) is 24.1 Å². The van der Waals surface area contributed by atoms with E-state index in [1.54, 1.807) is 22.8 Å². The van der Waals surface area contributed by atoms with Gasteiger partial charge in [-0.05, 0) is 30.5 Å². The Hall–Kier alpha value is -3.09. The number of H-pyrrole nitrogens is 1. The van der Waals surface area contributed by atoms with E-state index < -0.39 is 0 Å². The lowest BCUT2D eigenvalue weighted by molar-refractivity contribution is 0.481. The lowest BCUT2D eigenvalue weighted by atomic mass is 10.1. The molecule has 158 valence electrons. The molecule has 31 heavy (non-hydrogen) atoms. The molecule has 8 nitrogen and oxygen atoms in total. The number of nitrogens with one attached hydrogen (secondary N) is 1. The number of fused-ring (bicyclic) bond motifs is 2. The summed E-state index contributed by atoms with van der Waals surface area (Å²) in [4.78, 5) is 34.6. The maximum atomic E-state index is 13.1. The Bertz CT molecular complexity index is 1450. The molecule has 0 bridgehead atoms. The first-order chi connectivity index (χ1) is 14.9. The topological polar surface area (TPSA) is 109 Å². The number of rotatable bonds is 6. The van der Waals surface area contributed by atoms with Crippen molar-refractivity contribution >= 4 is 39.9 Å². The molecule has 0 fully saturated rings. The third-order valence-corrected chi connectivity index (χ3v) is 6.08.